The number of rotatable bonds is 5. The van der Waals surface area contributed by atoms with Crippen molar-refractivity contribution in [1.29, 1.82) is 0 Å². The summed E-state index contributed by atoms with van der Waals surface area (Å²) in [6.45, 7) is 9.62. The summed E-state index contributed by atoms with van der Waals surface area (Å²) < 4.78 is 0. The Labute approximate surface area is 105 Å². The highest BCUT2D eigenvalue weighted by atomic mass is 16.2. The molecular formula is C13H27N3O. The molecule has 0 radical (unpaired) electrons. The largest absolute Gasteiger partial charge is 0.343 e. The minimum Gasteiger partial charge on any atom is -0.343 e. The van der Waals surface area contributed by atoms with Crippen LogP contribution < -0.4 is 11.1 Å². The molecule has 1 rings (SSSR count). The van der Waals surface area contributed by atoms with Crippen LogP contribution in [0.2, 0.25) is 0 Å². The maximum Gasteiger partial charge on any atom is 0.219 e. The Morgan fingerprint density at radius 2 is 2.00 bits per heavy atom. The number of carbonyl (C=O) groups excluding carboxylic acids is 1. The lowest BCUT2D eigenvalue weighted by Gasteiger charge is -2.33. The van der Waals surface area contributed by atoms with Crippen molar-refractivity contribution in [3.8, 4) is 0 Å². The maximum atomic E-state index is 11.2. The Bertz CT molecular complexity index is 235. The fraction of sp³-hybridized carbons (Fsp3) is 0.923. The molecule has 0 aromatic heterocycles. The molecule has 3 N–H and O–H groups in total. The highest BCUT2D eigenvalue weighted by Gasteiger charge is 2.21. The third-order valence-electron chi connectivity index (χ3n) is 3.85. The summed E-state index contributed by atoms with van der Waals surface area (Å²) in [5.41, 5.74) is 5.76. The summed E-state index contributed by atoms with van der Waals surface area (Å²) in [5.74, 6) is 1.39. The normalized spacial score (nSPS) is 19.7. The third kappa shape index (κ3) is 4.64. The molecule has 100 valence electrons. The first-order valence-corrected chi connectivity index (χ1v) is 6.73. The van der Waals surface area contributed by atoms with Crippen molar-refractivity contribution in [1.82, 2.24) is 10.2 Å². The van der Waals surface area contributed by atoms with Crippen LogP contribution in [0, 0.1) is 11.8 Å². The van der Waals surface area contributed by atoms with E-state index in [-0.39, 0.29) is 5.91 Å². The lowest BCUT2D eigenvalue weighted by Crippen LogP contribution is -2.46. The zero-order chi connectivity index (χ0) is 12.8. The van der Waals surface area contributed by atoms with Crippen molar-refractivity contribution in [3.05, 3.63) is 0 Å². The monoisotopic (exact) mass is 241 g/mol. The molecule has 0 aliphatic carbocycles. The Kier molecular flexibility index (Phi) is 5.92. The molecule has 1 atom stereocenters. The van der Waals surface area contributed by atoms with Gasteiger partial charge in [-0.15, -0.1) is 0 Å². The average molecular weight is 241 g/mol. The predicted molar refractivity (Wildman–Crippen MR) is 70.7 cm³/mol. The molecule has 0 bridgehead atoms. The number of hydrogen-bond acceptors (Lipinski definition) is 3. The molecule has 4 nitrogen and oxygen atoms in total. The van der Waals surface area contributed by atoms with Gasteiger partial charge in [-0.25, -0.2) is 0 Å². The summed E-state index contributed by atoms with van der Waals surface area (Å²) >= 11 is 0. The molecule has 1 saturated heterocycles. The summed E-state index contributed by atoms with van der Waals surface area (Å²) in [7, 11) is 0. The van der Waals surface area contributed by atoms with Gasteiger partial charge in [-0.2, -0.15) is 0 Å². The topological polar surface area (TPSA) is 58.4 Å². The number of nitrogens with two attached hydrogens (primary N) is 1. The Hall–Kier alpha value is -0.610. The molecule has 1 unspecified atom stereocenters. The molecule has 1 amide bonds. The molecule has 1 heterocycles. The fourth-order valence-corrected chi connectivity index (χ4v) is 2.31. The first kappa shape index (κ1) is 14.5. The number of piperidine rings is 1. The van der Waals surface area contributed by atoms with Gasteiger partial charge in [0, 0.05) is 26.1 Å². The second-order valence-corrected chi connectivity index (χ2v) is 5.43. The molecule has 4 heteroatoms. The Morgan fingerprint density at radius 3 is 2.41 bits per heavy atom. The van der Waals surface area contributed by atoms with Gasteiger partial charge >= 0.3 is 0 Å². The minimum absolute atomic E-state index is 0.200. The second-order valence-electron chi connectivity index (χ2n) is 5.43. The highest BCUT2D eigenvalue weighted by molar-refractivity contribution is 5.73. The van der Waals surface area contributed by atoms with Crippen molar-refractivity contribution in [2.75, 3.05) is 26.2 Å². The van der Waals surface area contributed by atoms with Crippen LogP contribution in [-0.2, 0) is 4.79 Å². The molecule has 17 heavy (non-hydrogen) atoms. The molecular weight excluding hydrogens is 214 g/mol. The summed E-state index contributed by atoms with van der Waals surface area (Å²) in [5, 5.41) is 3.60. The van der Waals surface area contributed by atoms with Gasteiger partial charge < -0.3 is 16.0 Å². The molecule has 0 aromatic carbocycles. The highest BCUT2D eigenvalue weighted by Crippen LogP contribution is 2.13. The third-order valence-corrected chi connectivity index (χ3v) is 3.85. The number of likely N-dealkylation sites (tertiary alicyclic amines) is 1. The molecule has 1 fully saturated rings. The van der Waals surface area contributed by atoms with Gasteiger partial charge in [0.25, 0.3) is 0 Å². The van der Waals surface area contributed by atoms with Crippen LogP contribution in [-0.4, -0.2) is 43.0 Å². The number of hydrogen-bond donors (Lipinski definition) is 2. The predicted octanol–water partition coefficient (Wildman–Crippen LogP) is 0.818. The van der Waals surface area contributed by atoms with Crippen LogP contribution in [0.5, 0.6) is 0 Å². The standard InChI is InChI=1S/C13H27N3O/c1-10(2)12(8-14)9-15-13-4-6-16(7-5-13)11(3)17/h10,12-13,15H,4-9,14H2,1-3H3. The van der Waals surface area contributed by atoms with Crippen LogP contribution in [0.3, 0.4) is 0 Å². The molecule has 0 aromatic rings. The summed E-state index contributed by atoms with van der Waals surface area (Å²) in [4.78, 5) is 13.1. The average Bonchev–Trinajstić information content (AvgIpc) is 2.30. The van der Waals surface area contributed by atoms with E-state index in [1.54, 1.807) is 6.92 Å². The van der Waals surface area contributed by atoms with E-state index in [1.165, 1.54) is 0 Å². The smallest absolute Gasteiger partial charge is 0.219 e. The van der Waals surface area contributed by atoms with Crippen molar-refractivity contribution >= 4 is 5.91 Å². The zero-order valence-corrected chi connectivity index (χ0v) is 11.4. The molecule has 1 aliphatic heterocycles. The van der Waals surface area contributed by atoms with Crippen molar-refractivity contribution in [2.24, 2.45) is 17.6 Å². The van der Waals surface area contributed by atoms with Gasteiger partial charge in [0.2, 0.25) is 5.91 Å². The van der Waals surface area contributed by atoms with E-state index in [9.17, 15) is 4.79 Å². The van der Waals surface area contributed by atoms with Gasteiger partial charge in [-0.05, 0) is 37.8 Å². The van der Waals surface area contributed by atoms with Crippen LogP contribution in [0.25, 0.3) is 0 Å². The van der Waals surface area contributed by atoms with E-state index in [4.69, 9.17) is 5.73 Å². The van der Waals surface area contributed by atoms with Crippen LogP contribution in [0.1, 0.15) is 33.6 Å². The van der Waals surface area contributed by atoms with Gasteiger partial charge in [0.15, 0.2) is 0 Å². The van der Waals surface area contributed by atoms with Crippen molar-refractivity contribution < 1.29 is 4.79 Å². The molecule has 0 spiro atoms. The van der Waals surface area contributed by atoms with Crippen molar-refractivity contribution in [2.45, 2.75) is 39.7 Å². The van der Waals surface area contributed by atoms with Crippen LogP contribution >= 0.6 is 0 Å². The van der Waals surface area contributed by atoms with Crippen molar-refractivity contribution in [3.63, 3.8) is 0 Å². The first-order chi connectivity index (χ1) is 8.04. The molecule has 1 aliphatic rings. The van der Waals surface area contributed by atoms with E-state index in [1.807, 2.05) is 4.90 Å². The van der Waals surface area contributed by atoms with Crippen LogP contribution in [0.4, 0.5) is 0 Å². The van der Waals surface area contributed by atoms with E-state index in [0.29, 0.717) is 17.9 Å². The number of amides is 1. The van der Waals surface area contributed by atoms with E-state index >= 15 is 0 Å². The minimum atomic E-state index is 0.200. The second kappa shape index (κ2) is 6.97. The number of carbonyl (C=O) groups is 1. The number of nitrogens with one attached hydrogen (secondary N) is 1. The first-order valence-electron chi connectivity index (χ1n) is 6.73. The van der Waals surface area contributed by atoms with E-state index in [2.05, 4.69) is 19.2 Å². The van der Waals surface area contributed by atoms with E-state index in [0.717, 1.165) is 39.0 Å². The number of nitrogens with zero attached hydrogens (tertiary/aromatic N) is 1. The van der Waals surface area contributed by atoms with Gasteiger partial charge in [-0.1, -0.05) is 13.8 Å². The molecule has 0 saturated carbocycles. The maximum absolute atomic E-state index is 11.2. The SMILES string of the molecule is CC(=O)N1CCC(NCC(CN)C(C)C)CC1. The Morgan fingerprint density at radius 1 is 1.41 bits per heavy atom. The van der Waals surface area contributed by atoms with Gasteiger partial charge in [0.1, 0.15) is 0 Å². The summed E-state index contributed by atoms with van der Waals surface area (Å²) in [6.07, 6.45) is 2.13. The summed E-state index contributed by atoms with van der Waals surface area (Å²) in [6, 6.07) is 0.554. The fourth-order valence-electron chi connectivity index (χ4n) is 2.31. The Balaban J connectivity index is 2.24. The lowest BCUT2D eigenvalue weighted by molar-refractivity contribution is -0.129. The van der Waals surface area contributed by atoms with Gasteiger partial charge in [-0.3, -0.25) is 4.79 Å². The zero-order valence-electron chi connectivity index (χ0n) is 11.4. The van der Waals surface area contributed by atoms with Crippen LogP contribution in [0.15, 0.2) is 0 Å². The lowest BCUT2D eigenvalue weighted by atomic mass is 9.95. The van der Waals surface area contributed by atoms with E-state index < -0.39 is 0 Å². The van der Waals surface area contributed by atoms with Gasteiger partial charge in [0.05, 0.1) is 0 Å². The quantitative estimate of drug-likeness (QED) is 0.749.